The number of piperidine rings is 1. The van der Waals surface area contributed by atoms with Gasteiger partial charge in [0, 0.05) is 18.1 Å². The summed E-state index contributed by atoms with van der Waals surface area (Å²) in [7, 11) is -3.65. The first-order valence-corrected chi connectivity index (χ1v) is 12.5. The first-order valence-electron chi connectivity index (χ1n) is 10.2. The number of rotatable bonds is 6. The topological polar surface area (TPSA) is 57.7 Å². The molecule has 2 aromatic rings. The number of sulfonamides is 1. The largest absolute Gasteiger partial charge is 0.341 e. The van der Waals surface area contributed by atoms with Gasteiger partial charge < -0.3 is 4.90 Å². The molecule has 1 aliphatic rings. The van der Waals surface area contributed by atoms with Crippen LogP contribution in [0.5, 0.6) is 0 Å². The van der Waals surface area contributed by atoms with Crippen LogP contribution in [0.25, 0.3) is 0 Å². The van der Waals surface area contributed by atoms with Gasteiger partial charge in [0.05, 0.1) is 11.9 Å². The highest BCUT2D eigenvalue weighted by molar-refractivity contribution is 7.92. The standard InChI is InChI=1S/C23H29ClN2O3S/c1-17-9-10-21(16-22(17)24)26(30(3,28)29)18(2)23(27)25-13-11-20(12-14-25)15-19-7-5-4-6-8-19/h4-10,16,18,20H,11-15H2,1-3H3/t18-/m1/s1. The van der Waals surface area contributed by atoms with Crippen LogP contribution in [0.1, 0.15) is 30.9 Å². The average Bonchev–Trinajstić information content (AvgIpc) is 2.70. The van der Waals surface area contributed by atoms with E-state index >= 15 is 0 Å². The normalized spacial score (nSPS) is 16.3. The van der Waals surface area contributed by atoms with Crippen LogP contribution in [0.2, 0.25) is 5.02 Å². The summed E-state index contributed by atoms with van der Waals surface area (Å²) in [5.74, 6) is 0.365. The fraction of sp³-hybridized carbons (Fsp3) is 0.435. The van der Waals surface area contributed by atoms with Crippen LogP contribution < -0.4 is 4.31 Å². The van der Waals surface area contributed by atoms with Gasteiger partial charge in [-0.1, -0.05) is 48.0 Å². The molecule has 0 aromatic heterocycles. The number of anilines is 1. The summed E-state index contributed by atoms with van der Waals surface area (Å²) in [6, 6.07) is 14.6. The number of benzene rings is 2. The number of amides is 1. The molecule has 0 spiro atoms. The predicted molar refractivity (Wildman–Crippen MR) is 122 cm³/mol. The van der Waals surface area contributed by atoms with Crippen molar-refractivity contribution < 1.29 is 13.2 Å². The molecule has 5 nitrogen and oxygen atoms in total. The average molecular weight is 449 g/mol. The summed E-state index contributed by atoms with van der Waals surface area (Å²) >= 11 is 6.21. The highest BCUT2D eigenvalue weighted by Crippen LogP contribution is 2.28. The second kappa shape index (κ2) is 9.40. The molecule has 3 rings (SSSR count). The highest BCUT2D eigenvalue weighted by atomic mass is 35.5. The molecule has 0 unspecified atom stereocenters. The van der Waals surface area contributed by atoms with Gasteiger partial charge in [-0.3, -0.25) is 9.10 Å². The van der Waals surface area contributed by atoms with Crippen LogP contribution in [0, 0.1) is 12.8 Å². The maximum absolute atomic E-state index is 13.2. The number of hydrogen-bond donors (Lipinski definition) is 0. The maximum atomic E-state index is 13.2. The number of halogens is 1. The summed E-state index contributed by atoms with van der Waals surface area (Å²) in [4.78, 5) is 15.0. The van der Waals surface area contributed by atoms with Crippen LogP contribution in [-0.2, 0) is 21.2 Å². The molecular formula is C23H29ClN2O3S. The summed E-state index contributed by atoms with van der Waals surface area (Å²) in [5.41, 5.74) is 2.58. The maximum Gasteiger partial charge on any atom is 0.246 e. The Labute approximate surface area is 184 Å². The fourth-order valence-electron chi connectivity index (χ4n) is 4.09. The third-order valence-corrected chi connectivity index (χ3v) is 7.42. The van der Waals surface area contributed by atoms with E-state index in [9.17, 15) is 13.2 Å². The number of aryl methyl sites for hydroxylation is 1. The predicted octanol–water partition coefficient (Wildman–Crippen LogP) is 4.28. The summed E-state index contributed by atoms with van der Waals surface area (Å²) in [6.07, 6.45) is 3.97. The quantitative estimate of drug-likeness (QED) is 0.662. The monoisotopic (exact) mass is 448 g/mol. The molecule has 0 N–H and O–H groups in total. The third kappa shape index (κ3) is 5.35. The van der Waals surface area contributed by atoms with Gasteiger partial charge in [0.2, 0.25) is 15.9 Å². The zero-order valence-corrected chi connectivity index (χ0v) is 19.3. The minimum atomic E-state index is -3.65. The van der Waals surface area contributed by atoms with Crippen molar-refractivity contribution in [2.75, 3.05) is 23.7 Å². The van der Waals surface area contributed by atoms with Gasteiger partial charge in [0.15, 0.2) is 0 Å². The lowest BCUT2D eigenvalue weighted by molar-refractivity contribution is -0.133. The minimum Gasteiger partial charge on any atom is -0.341 e. The molecule has 30 heavy (non-hydrogen) atoms. The van der Waals surface area contributed by atoms with Gasteiger partial charge in [-0.25, -0.2) is 8.42 Å². The van der Waals surface area contributed by atoms with Crippen molar-refractivity contribution in [2.24, 2.45) is 5.92 Å². The molecule has 1 fully saturated rings. The Bertz CT molecular complexity index is 987. The molecule has 1 saturated heterocycles. The molecule has 1 aliphatic heterocycles. The van der Waals surface area contributed by atoms with E-state index in [-0.39, 0.29) is 5.91 Å². The van der Waals surface area contributed by atoms with E-state index in [4.69, 9.17) is 11.6 Å². The van der Waals surface area contributed by atoms with Crippen LogP contribution in [0.15, 0.2) is 48.5 Å². The Morgan fingerprint density at radius 1 is 1.17 bits per heavy atom. The molecular weight excluding hydrogens is 420 g/mol. The van der Waals surface area contributed by atoms with Crippen molar-refractivity contribution in [2.45, 2.75) is 39.2 Å². The lowest BCUT2D eigenvalue weighted by atomic mass is 9.90. The molecule has 1 atom stereocenters. The van der Waals surface area contributed by atoms with Gasteiger partial charge in [0.25, 0.3) is 0 Å². The zero-order chi connectivity index (χ0) is 21.9. The van der Waals surface area contributed by atoms with Crippen molar-refractivity contribution >= 4 is 33.2 Å². The Kier molecular flexibility index (Phi) is 7.09. The third-order valence-electron chi connectivity index (χ3n) is 5.77. The highest BCUT2D eigenvalue weighted by Gasteiger charge is 2.33. The van der Waals surface area contributed by atoms with E-state index in [1.54, 1.807) is 30.0 Å². The summed E-state index contributed by atoms with van der Waals surface area (Å²) in [6.45, 7) is 4.79. The zero-order valence-electron chi connectivity index (χ0n) is 17.7. The Morgan fingerprint density at radius 3 is 2.37 bits per heavy atom. The first kappa shape index (κ1) is 22.6. The molecule has 2 aromatic carbocycles. The number of carbonyl (C=O) groups excluding carboxylic acids is 1. The van der Waals surface area contributed by atoms with E-state index < -0.39 is 16.1 Å². The number of carbonyl (C=O) groups is 1. The smallest absolute Gasteiger partial charge is 0.246 e. The van der Waals surface area contributed by atoms with E-state index in [2.05, 4.69) is 12.1 Å². The van der Waals surface area contributed by atoms with Gasteiger partial charge in [-0.15, -0.1) is 0 Å². The van der Waals surface area contributed by atoms with E-state index in [0.29, 0.717) is 29.7 Å². The van der Waals surface area contributed by atoms with E-state index in [0.717, 1.165) is 31.1 Å². The van der Waals surface area contributed by atoms with Crippen LogP contribution in [-0.4, -0.2) is 44.6 Å². The lowest BCUT2D eigenvalue weighted by Crippen LogP contribution is -2.51. The van der Waals surface area contributed by atoms with Crippen molar-refractivity contribution in [3.8, 4) is 0 Å². The second-order valence-corrected chi connectivity index (χ2v) is 10.4. The van der Waals surface area contributed by atoms with Crippen molar-refractivity contribution in [3.05, 3.63) is 64.7 Å². The minimum absolute atomic E-state index is 0.171. The van der Waals surface area contributed by atoms with Crippen LogP contribution in [0.3, 0.4) is 0 Å². The lowest BCUT2D eigenvalue weighted by Gasteiger charge is -2.36. The van der Waals surface area contributed by atoms with Crippen molar-refractivity contribution in [1.29, 1.82) is 0 Å². The van der Waals surface area contributed by atoms with Gasteiger partial charge >= 0.3 is 0 Å². The SMILES string of the molecule is Cc1ccc(N([C@H](C)C(=O)N2CCC(Cc3ccccc3)CC2)S(C)(=O)=O)cc1Cl. The Hall–Kier alpha value is -2.05. The van der Waals surface area contributed by atoms with Crippen LogP contribution >= 0.6 is 11.6 Å². The van der Waals surface area contributed by atoms with Crippen molar-refractivity contribution in [3.63, 3.8) is 0 Å². The van der Waals surface area contributed by atoms with Gasteiger partial charge in [-0.05, 0) is 62.3 Å². The molecule has 7 heteroatoms. The molecule has 0 aliphatic carbocycles. The van der Waals surface area contributed by atoms with Gasteiger partial charge in [-0.2, -0.15) is 0 Å². The second-order valence-electron chi connectivity index (χ2n) is 8.13. The summed E-state index contributed by atoms with van der Waals surface area (Å²) in [5, 5.41) is 0.475. The van der Waals surface area contributed by atoms with E-state index in [1.165, 1.54) is 9.87 Å². The molecule has 1 heterocycles. The Morgan fingerprint density at radius 2 is 1.80 bits per heavy atom. The molecule has 162 valence electrons. The molecule has 0 radical (unpaired) electrons. The molecule has 1 amide bonds. The molecule has 0 bridgehead atoms. The van der Waals surface area contributed by atoms with Crippen LogP contribution in [0.4, 0.5) is 5.69 Å². The molecule has 0 saturated carbocycles. The summed E-state index contributed by atoms with van der Waals surface area (Å²) < 4.78 is 26.2. The Balaban J connectivity index is 1.69. The fourth-order valence-corrected chi connectivity index (χ4v) is 5.43. The number of hydrogen-bond acceptors (Lipinski definition) is 3. The van der Waals surface area contributed by atoms with Gasteiger partial charge in [0.1, 0.15) is 6.04 Å². The number of nitrogens with zero attached hydrogens (tertiary/aromatic N) is 2. The van der Waals surface area contributed by atoms with E-state index in [1.807, 2.05) is 25.1 Å². The van der Waals surface area contributed by atoms with Crippen molar-refractivity contribution in [1.82, 2.24) is 4.90 Å². The first-order chi connectivity index (χ1) is 14.2. The number of likely N-dealkylation sites (tertiary alicyclic amines) is 1.